The number of halogens is 3. The van der Waals surface area contributed by atoms with Gasteiger partial charge in [-0.25, -0.2) is 0 Å². The summed E-state index contributed by atoms with van der Waals surface area (Å²) >= 11 is 18.4. The molecule has 2 amide bonds. The summed E-state index contributed by atoms with van der Waals surface area (Å²) in [7, 11) is 0. The Morgan fingerprint density at radius 2 is 1.78 bits per heavy atom. The topological polar surface area (TPSA) is 49.4 Å². The molecule has 0 fully saturated rings. The van der Waals surface area contributed by atoms with E-state index in [2.05, 4.69) is 11.9 Å². The van der Waals surface area contributed by atoms with Gasteiger partial charge in [-0.2, -0.15) is 0 Å². The fourth-order valence-electron chi connectivity index (χ4n) is 2.74. The molecule has 0 unspecified atom stereocenters. The van der Waals surface area contributed by atoms with E-state index in [9.17, 15) is 9.59 Å². The van der Waals surface area contributed by atoms with Crippen molar-refractivity contribution in [3.05, 3.63) is 80.9 Å². The highest BCUT2D eigenvalue weighted by atomic mass is 35.5. The van der Waals surface area contributed by atoms with Crippen LogP contribution >= 0.6 is 34.8 Å². The number of aryl methyl sites for hydroxylation is 1. The number of hydrogen-bond acceptors (Lipinski definition) is 3. The molecule has 0 saturated carbocycles. The highest BCUT2D eigenvalue weighted by Crippen LogP contribution is 2.35. The van der Waals surface area contributed by atoms with E-state index in [0.717, 1.165) is 10.5 Å². The van der Waals surface area contributed by atoms with Crippen LogP contribution in [0.1, 0.15) is 11.1 Å². The van der Waals surface area contributed by atoms with Crippen LogP contribution < -0.4 is 5.32 Å². The minimum Gasteiger partial charge on any atom is -0.350 e. The maximum atomic E-state index is 12.9. The molecule has 27 heavy (non-hydrogen) atoms. The van der Waals surface area contributed by atoms with Gasteiger partial charge >= 0.3 is 0 Å². The lowest BCUT2D eigenvalue weighted by atomic mass is 10.0. The maximum Gasteiger partial charge on any atom is 0.278 e. The van der Waals surface area contributed by atoms with E-state index in [-0.39, 0.29) is 22.8 Å². The molecule has 0 bridgehead atoms. The van der Waals surface area contributed by atoms with E-state index in [1.165, 1.54) is 12.1 Å². The molecule has 0 radical (unpaired) electrons. The number of carbonyl (C=O) groups excluding carboxylic acids is 2. The first-order chi connectivity index (χ1) is 12.8. The second-order valence-electron chi connectivity index (χ2n) is 5.97. The van der Waals surface area contributed by atoms with Gasteiger partial charge in [-0.15, -0.1) is 6.58 Å². The summed E-state index contributed by atoms with van der Waals surface area (Å²) in [6.07, 6.45) is 1.49. The number of nitrogens with one attached hydrogen (secondary N) is 1. The van der Waals surface area contributed by atoms with Gasteiger partial charge in [0.05, 0.1) is 10.6 Å². The van der Waals surface area contributed by atoms with Gasteiger partial charge in [0.1, 0.15) is 5.70 Å². The van der Waals surface area contributed by atoms with E-state index in [4.69, 9.17) is 34.8 Å². The first kappa shape index (κ1) is 19.5. The van der Waals surface area contributed by atoms with Gasteiger partial charge in [0.25, 0.3) is 11.8 Å². The maximum absolute atomic E-state index is 12.9. The van der Waals surface area contributed by atoms with Crippen LogP contribution in [-0.2, 0) is 9.59 Å². The van der Waals surface area contributed by atoms with Crippen LogP contribution in [0.4, 0.5) is 5.69 Å². The Bertz CT molecular complexity index is 999. The summed E-state index contributed by atoms with van der Waals surface area (Å²) in [5.41, 5.74) is 2.22. The fraction of sp³-hybridized carbons (Fsp3) is 0.100. The molecule has 3 rings (SSSR count). The third-order valence-corrected chi connectivity index (χ3v) is 5.08. The number of anilines is 1. The van der Waals surface area contributed by atoms with Crippen molar-refractivity contribution in [2.24, 2.45) is 0 Å². The lowest BCUT2D eigenvalue weighted by Crippen LogP contribution is -2.32. The molecule has 0 spiro atoms. The summed E-state index contributed by atoms with van der Waals surface area (Å²) < 4.78 is 0. The van der Waals surface area contributed by atoms with Crippen molar-refractivity contribution in [2.75, 3.05) is 11.9 Å². The van der Waals surface area contributed by atoms with Crippen molar-refractivity contribution in [2.45, 2.75) is 6.92 Å². The number of carbonyl (C=O) groups is 2. The average molecular weight is 422 g/mol. The molecule has 0 saturated heterocycles. The van der Waals surface area contributed by atoms with Crippen molar-refractivity contribution in [1.29, 1.82) is 0 Å². The minimum absolute atomic E-state index is 0.0895. The Balaban J connectivity index is 2.13. The number of hydrogen-bond donors (Lipinski definition) is 1. The van der Waals surface area contributed by atoms with Crippen molar-refractivity contribution >= 4 is 57.9 Å². The number of benzene rings is 2. The second kappa shape index (κ2) is 7.77. The van der Waals surface area contributed by atoms with E-state index >= 15 is 0 Å². The van der Waals surface area contributed by atoms with E-state index in [1.807, 2.05) is 13.0 Å². The van der Waals surface area contributed by atoms with Gasteiger partial charge in [0.15, 0.2) is 0 Å². The van der Waals surface area contributed by atoms with E-state index < -0.39 is 11.8 Å². The van der Waals surface area contributed by atoms with Gasteiger partial charge < -0.3 is 5.32 Å². The van der Waals surface area contributed by atoms with Crippen LogP contribution in [0.25, 0.3) is 5.57 Å². The summed E-state index contributed by atoms with van der Waals surface area (Å²) in [4.78, 5) is 26.9. The fourth-order valence-corrected chi connectivity index (χ4v) is 3.43. The molecule has 1 aliphatic rings. The molecular weight excluding hydrogens is 407 g/mol. The van der Waals surface area contributed by atoms with E-state index in [1.54, 1.807) is 24.3 Å². The lowest BCUT2D eigenvalue weighted by Gasteiger charge is -2.12. The van der Waals surface area contributed by atoms with Crippen LogP contribution in [0.15, 0.2) is 54.8 Å². The largest absolute Gasteiger partial charge is 0.350 e. The SMILES string of the molecule is C=CCN1C(=O)C(Nc2ccc(C)c(Cl)c2)=C(c2ccc(Cl)cc2Cl)C1=O. The minimum atomic E-state index is -0.461. The summed E-state index contributed by atoms with van der Waals surface area (Å²) in [6, 6.07) is 10.1. The Morgan fingerprint density at radius 1 is 1.04 bits per heavy atom. The molecule has 4 nitrogen and oxygen atoms in total. The van der Waals surface area contributed by atoms with Crippen LogP contribution in [0.3, 0.4) is 0 Å². The molecule has 0 aromatic heterocycles. The second-order valence-corrected chi connectivity index (χ2v) is 7.22. The van der Waals surface area contributed by atoms with Crippen molar-refractivity contribution < 1.29 is 9.59 Å². The predicted octanol–water partition coefficient (Wildman–Crippen LogP) is 5.33. The third kappa shape index (κ3) is 3.74. The van der Waals surface area contributed by atoms with Crippen molar-refractivity contribution in [3.63, 3.8) is 0 Å². The zero-order valence-corrected chi connectivity index (χ0v) is 16.6. The first-order valence-corrected chi connectivity index (χ1v) is 9.17. The number of amides is 2. The number of nitrogens with zero attached hydrogens (tertiary/aromatic N) is 1. The lowest BCUT2D eigenvalue weighted by molar-refractivity contribution is -0.136. The van der Waals surface area contributed by atoms with Gasteiger partial charge in [-0.05, 0) is 36.8 Å². The molecule has 0 atom stereocenters. The monoisotopic (exact) mass is 420 g/mol. The average Bonchev–Trinajstić information content (AvgIpc) is 2.83. The quantitative estimate of drug-likeness (QED) is 0.524. The standard InChI is InChI=1S/C20H15Cl3N2O2/c1-3-8-25-19(26)17(14-7-5-12(21)9-16(14)23)18(20(25)27)24-13-6-4-11(2)15(22)10-13/h3-7,9-10,24H,1,8H2,2H3. The summed E-state index contributed by atoms with van der Waals surface area (Å²) in [6.45, 7) is 5.57. The molecule has 7 heteroatoms. The zero-order chi connectivity index (χ0) is 19.7. The summed E-state index contributed by atoms with van der Waals surface area (Å²) in [5, 5.41) is 4.28. The van der Waals surface area contributed by atoms with Gasteiger partial charge in [0.2, 0.25) is 0 Å². The molecule has 1 N–H and O–H groups in total. The van der Waals surface area contributed by atoms with Crippen LogP contribution in [0.5, 0.6) is 0 Å². The normalized spacial score (nSPS) is 14.1. The first-order valence-electron chi connectivity index (χ1n) is 8.03. The van der Waals surface area contributed by atoms with E-state index in [0.29, 0.717) is 21.3 Å². The molecule has 0 aliphatic carbocycles. The molecule has 2 aromatic rings. The summed E-state index contributed by atoms with van der Waals surface area (Å²) in [5.74, 6) is -0.914. The van der Waals surface area contributed by atoms with Gasteiger partial charge in [-0.3, -0.25) is 14.5 Å². The van der Waals surface area contributed by atoms with Gasteiger partial charge in [-0.1, -0.05) is 53.0 Å². The Kier molecular flexibility index (Phi) is 5.61. The van der Waals surface area contributed by atoms with Gasteiger partial charge in [0, 0.05) is 27.8 Å². The van der Waals surface area contributed by atoms with Crippen LogP contribution in [-0.4, -0.2) is 23.3 Å². The highest BCUT2D eigenvalue weighted by Gasteiger charge is 2.39. The van der Waals surface area contributed by atoms with Crippen molar-refractivity contribution in [1.82, 2.24) is 4.90 Å². The zero-order valence-electron chi connectivity index (χ0n) is 14.4. The molecular formula is C20H15Cl3N2O2. The molecule has 1 aliphatic heterocycles. The Morgan fingerprint density at radius 3 is 2.41 bits per heavy atom. The van der Waals surface area contributed by atoms with Crippen LogP contribution in [0.2, 0.25) is 15.1 Å². The Labute approximate surface area is 172 Å². The number of imide groups is 1. The Hall–Kier alpha value is -2.27. The molecule has 2 aromatic carbocycles. The van der Waals surface area contributed by atoms with Crippen LogP contribution in [0, 0.1) is 6.92 Å². The van der Waals surface area contributed by atoms with Crippen molar-refractivity contribution in [3.8, 4) is 0 Å². The molecule has 138 valence electrons. The smallest absolute Gasteiger partial charge is 0.278 e. The predicted molar refractivity (Wildman–Crippen MR) is 110 cm³/mol. The molecule has 1 heterocycles. The highest BCUT2D eigenvalue weighted by molar-refractivity contribution is 6.41. The number of rotatable bonds is 5. The third-order valence-electron chi connectivity index (χ3n) is 4.12.